The molecule has 5 nitrogen and oxygen atoms in total. The highest BCUT2D eigenvalue weighted by atomic mass is 28.4. The van der Waals surface area contributed by atoms with E-state index in [2.05, 4.69) is 39.9 Å². The van der Waals surface area contributed by atoms with Crippen LogP contribution in [-0.4, -0.2) is 23.7 Å². The van der Waals surface area contributed by atoms with Crippen LogP contribution in [0.1, 0.15) is 68.6 Å². The molecule has 0 N–H and O–H groups in total. The molecule has 0 saturated carbocycles. The van der Waals surface area contributed by atoms with Gasteiger partial charge in [-0.2, -0.15) is 0 Å². The van der Waals surface area contributed by atoms with Crippen molar-refractivity contribution in [3.05, 3.63) is 63.4 Å². The zero-order valence-corrected chi connectivity index (χ0v) is 21.1. The maximum absolute atomic E-state index is 13.8. The number of ketones is 1. The van der Waals surface area contributed by atoms with E-state index in [1.807, 2.05) is 44.2 Å². The van der Waals surface area contributed by atoms with Crippen LogP contribution in [-0.2, 0) is 11.0 Å². The summed E-state index contributed by atoms with van der Waals surface area (Å²) < 4.78 is 8.32. The number of carbonyl (C=O) groups excluding carboxylic acids is 1. The number of benzene rings is 1. The molecule has 32 heavy (non-hydrogen) atoms. The highest BCUT2D eigenvalue weighted by molar-refractivity contribution is 6.74. The zero-order chi connectivity index (χ0) is 23.4. The molecule has 0 spiro atoms. The largest absolute Gasteiger partial charge is 0.410 e. The summed E-state index contributed by atoms with van der Waals surface area (Å²) >= 11 is 0. The third-order valence-corrected chi connectivity index (χ3v) is 11.6. The van der Waals surface area contributed by atoms with Crippen molar-refractivity contribution in [2.75, 3.05) is 0 Å². The molecule has 4 rings (SSSR count). The molecular weight excluding hydrogens is 416 g/mol. The Kier molecular flexibility index (Phi) is 5.50. The molecule has 3 heterocycles. The Morgan fingerprint density at radius 2 is 1.91 bits per heavy atom. The first kappa shape index (κ1) is 22.6. The number of para-hydroxylation sites is 1. The molecule has 1 aromatic carbocycles. The Balaban J connectivity index is 1.89. The van der Waals surface area contributed by atoms with Gasteiger partial charge in [-0.3, -0.25) is 9.59 Å². The lowest BCUT2D eigenvalue weighted by Crippen LogP contribution is -2.42. The first-order chi connectivity index (χ1) is 14.9. The minimum Gasteiger partial charge on any atom is -0.410 e. The number of carbonyl (C=O) groups is 1. The van der Waals surface area contributed by atoms with Gasteiger partial charge in [-0.05, 0) is 43.3 Å². The fraction of sp³-hybridized carbons (Fsp3) is 0.423. The maximum Gasteiger partial charge on any atom is 0.257 e. The Morgan fingerprint density at radius 3 is 2.56 bits per heavy atom. The van der Waals surface area contributed by atoms with Gasteiger partial charge < -0.3 is 8.99 Å². The lowest BCUT2D eigenvalue weighted by atomic mass is 9.98. The van der Waals surface area contributed by atoms with Gasteiger partial charge in [0, 0.05) is 22.9 Å². The fourth-order valence-corrected chi connectivity index (χ4v) is 5.53. The molecule has 0 radical (unpaired) electrons. The number of nitrogens with zero attached hydrogens (tertiary/aromatic N) is 2. The van der Waals surface area contributed by atoms with Crippen LogP contribution in [0.5, 0.6) is 0 Å². The second-order valence-electron chi connectivity index (χ2n) is 10.2. The van der Waals surface area contributed by atoms with Crippen molar-refractivity contribution in [3.63, 3.8) is 0 Å². The highest BCUT2D eigenvalue weighted by Gasteiger charge is 2.40. The van der Waals surface area contributed by atoms with Gasteiger partial charge in [0.25, 0.3) is 5.56 Å². The van der Waals surface area contributed by atoms with Crippen molar-refractivity contribution in [3.8, 4) is 11.4 Å². The van der Waals surface area contributed by atoms with E-state index in [9.17, 15) is 9.59 Å². The topological polar surface area (TPSA) is 61.2 Å². The molecule has 0 amide bonds. The van der Waals surface area contributed by atoms with Crippen molar-refractivity contribution in [2.45, 2.75) is 71.8 Å². The minimum absolute atomic E-state index is 0.00334. The van der Waals surface area contributed by atoms with E-state index in [0.717, 1.165) is 27.9 Å². The SMILES string of the molecule is CCC(=O)c1cc2n(c(=O)c1C(C)O[Si](C)(C)C(C)(C)C)Cc1cc3ccccc3nc1-2. The van der Waals surface area contributed by atoms with Crippen molar-refractivity contribution >= 4 is 25.0 Å². The monoisotopic (exact) mass is 448 g/mol. The first-order valence-corrected chi connectivity index (χ1v) is 14.2. The summed E-state index contributed by atoms with van der Waals surface area (Å²) in [4.78, 5) is 31.6. The summed E-state index contributed by atoms with van der Waals surface area (Å²) in [7, 11) is -2.14. The molecule has 1 aliphatic heterocycles. The Morgan fingerprint density at radius 1 is 1.22 bits per heavy atom. The van der Waals surface area contributed by atoms with Gasteiger partial charge in [-0.25, -0.2) is 4.98 Å². The lowest BCUT2D eigenvalue weighted by Gasteiger charge is -2.38. The summed E-state index contributed by atoms with van der Waals surface area (Å²) in [5.74, 6) is -0.0413. The van der Waals surface area contributed by atoms with E-state index in [4.69, 9.17) is 9.41 Å². The van der Waals surface area contributed by atoms with Gasteiger partial charge in [-0.1, -0.05) is 45.9 Å². The molecule has 0 bridgehead atoms. The second-order valence-corrected chi connectivity index (χ2v) is 15.0. The van der Waals surface area contributed by atoms with Gasteiger partial charge in [0.1, 0.15) is 0 Å². The molecule has 0 fully saturated rings. The van der Waals surface area contributed by atoms with Crippen LogP contribution in [0.15, 0.2) is 41.2 Å². The van der Waals surface area contributed by atoms with Crippen molar-refractivity contribution < 1.29 is 9.22 Å². The average Bonchev–Trinajstić information content (AvgIpc) is 3.08. The van der Waals surface area contributed by atoms with Crippen molar-refractivity contribution in [1.82, 2.24) is 9.55 Å². The van der Waals surface area contributed by atoms with Crippen LogP contribution in [0.2, 0.25) is 18.1 Å². The quantitative estimate of drug-likeness (QED) is 0.273. The van der Waals surface area contributed by atoms with Crippen LogP contribution < -0.4 is 5.56 Å². The molecule has 1 aliphatic rings. The zero-order valence-electron chi connectivity index (χ0n) is 20.1. The molecule has 0 saturated heterocycles. The van der Waals surface area contributed by atoms with Gasteiger partial charge in [-0.15, -0.1) is 0 Å². The van der Waals surface area contributed by atoms with Crippen LogP contribution in [0.3, 0.4) is 0 Å². The van der Waals surface area contributed by atoms with E-state index in [0.29, 0.717) is 24.1 Å². The van der Waals surface area contributed by atoms with Crippen LogP contribution in [0.25, 0.3) is 22.3 Å². The first-order valence-electron chi connectivity index (χ1n) is 11.3. The number of pyridine rings is 2. The van der Waals surface area contributed by atoms with E-state index >= 15 is 0 Å². The fourth-order valence-electron chi connectivity index (χ4n) is 4.18. The number of Topliss-reactive ketones (excluding diaryl/α,β-unsaturated/α-hetero) is 1. The van der Waals surface area contributed by atoms with Gasteiger partial charge >= 0.3 is 0 Å². The van der Waals surface area contributed by atoms with Crippen LogP contribution in [0, 0.1) is 0 Å². The normalized spacial score (nSPS) is 14.3. The number of rotatable bonds is 5. The predicted octanol–water partition coefficient (Wildman–Crippen LogP) is 6.10. The molecule has 6 heteroatoms. The number of aromatic nitrogens is 2. The molecule has 3 aromatic rings. The number of hydrogen-bond acceptors (Lipinski definition) is 4. The van der Waals surface area contributed by atoms with Crippen molar-refractivity contribution in [2.24, 2.45) is 0 Å². The predicted molar refractivity (Wildman–Crippen MR) is 132 cm³/mol. The Labute approximate surface area is 190 Å². The van der Waals surface area contributed by atoms with Gasteiger partial charge in [0.15, 0.2) is 14.1 Å². The summed E-state index contributed by atoms with van der Waals surface area (Å²) in [6.45, 7) is 15.1. The van der Waals surface area contributed by atoms with Gasteiger partial charge in [0.2, 0.25) is 0 Å². The second kappa shape index (κ2) is 7.78. The van der Waals surface area contributed by atoms with E-state index in [-0.39, 0.29) is 16.4 Å². The smallest absolute Gasteiger partial charge is 0.257 e. The number of fused-ring (bicyclic) bond motifs is 4. The van der Waals surface area contributed by atoms with Crippen LogP contribution >= 0.6 is 0 Å². The highest BCUT2D eigenvalue weighted by Crippen LogP contribution is 2.40. The summed E-state index contributed by atoms with van der Waals surface area (Å²) in [5, 5.41) is 1.05. The number of hydrogen-bond donors (Lipinski definition) is 0. The molecule has 2 aromatic heterocycles. The standard InChI is InChI=1S/C26H32N2O3Si/c1-8-22(29)19-14-21-24-18(13-17-11-9-10-12-20(17)27-24)15-28(21)25(30)23(19)16(2)31-32(6,7)26(3,4)5/h9-14,16H,8,15H2,1-7H3. The van der Waals surface area contributed by atoms with Gasteiger partial charge in [0.05, 0.1) is 35.1 Å². The van der Waals surface area contributed by atoms with E-state index in [1.165, 1.54) is 0 Å². The van der Waals surface area contributed by atoms with E-state index in [1.54, 1.807) is 4.57 Å². The minimum atomic E-state index is -2.14. The Bertz CT molecular complexity index is 1280. The summed E-state index contributed by atoms with van der Waals surface area (Å²) in [6, 6.07) is 11.9. The van der Waals surface area contributed by atoms with Crippen molar-refractivity contribution in [1.29, 1.82) is 0 Å². The van der Waals surface area contributed by atoms with E-state index < -0.39 is 14.4 Å². The average molecular weight is 449 g/mol. The maximum atomic E-state index is 13.8. The summed E-state index contributed by atoms with van der Waals surface area (Å²) in [6.07, 6.45) is -0.122. The third-order valence-electron chi connectivity index (χ3n) is 7.02. The Hall–Kier alpha value is -2.57. The molecule has 1 unspecified atom stereocenters. The lowest BCUT2D eigenvalue weighted by molar-refractivity contribution is 0.0982. The molecule has 0 aliphatic carbocycles. The molecular formula is C26H32N2O3Si. The third kappa shape index (κ3) is 3.65. The molecule has 168 valence electrons. The summed E-state index contributed by atoms with van der Waals surface area (Å²) in [5.41, 5.74) is 4.19. The molecule has 1 atom stereocenters. The van der Waals surface area contributed by atoms with Crippen LogP contribution in [0.4, 0.5) is 0 Å².